The third kappa shape index (κ3) is 1.97. The summed E-state index contributed by atoms with van der Waals surface area (Å²) in [7, 11) is 0. The highest BCUT2D eigenvalue weighted by molar-refractivity contribution is 7.12. The molecule has 0 aliphatic heterocycles. The fraction of sp³-hybridized carbons (Fsp3) is 0.357. The Hall–Kier alpha value is -1.55. The molecule has 2 heterocycles. The maximum atomic E-state index is 12.1. The van der Waals surface area contributed by atoms with Gasteiger partial charge < -0.3 is 9.73 Å². The molecule has 1 aliphatic rings. The van der Waals surface area contributed by atoms with E-state index < -0.39 is 0 Å². The Morgan fingerprint density at radius 1 is 1.56 bits per heavy atom. The zero-order valence-corrected chi connectivity index (χ0v) is 11.0. The van der Waals surface area contributed by atoms with Gasteiger partial charge >= 0.3 is 0 Å². The Bertz CT molecular complexity index is 556. The summed E-state index contributed by atoms with van der Waals surface area (Å²) < 4.78 is 5.54. The molecule has 94 valence electrons. The fourth-order valence-electron chi connectivity index (χ4n) is 2.56. The van der Waals surface area contributed by atoms with Gasteiger partial charge in [0.2, 0.25) is 0 Å². The van der Waals surface area contributed by atoms with Gasteiger partial charge in [-0.2, -0.15) is 0 Å². The number of amides is 1. The summed E-state index contributed by atoms with van der Waals surface area (Å²) in [6.07, 6.45) is 4.83. The minimum Gasteiger partial charge on any atom is -0.469 e. The van der Waals surface area contributed by atoms with Crippen molar-refractivity contribution in [2.24, 2.45) is 0 Å². The van der Waals surface area contributed by atoms with E-state index in [9.17, 15) is 4.79 Å². The van der Waals surface area contributed by atoms with Crippen LogP contribution in [0, 0.1) is 6.92 Å². The molecule has 1 aliphatic carbocycles. The minimum atomic E-state index is 0.0171. The molecule has 3 rings (SSSR count). The highest BCUT2D eigenvalue weighted by Gasteiger charge is 2.26. The lowest BCUT2D eigenvalue weighted by molar-refractivity contribution is 0.0936. The van der Waals surface area contributed by atoms with Crippen molar-refractivity contribution in [3.8, 4) is 0 Å². The number of rotatable bonds is 2. The Morgan fingerprint density at radius 3 is 3.22 bits per heavy atom. The highest BCUT2D eigenvalue weighted by atomic mass is 32.1. The second kappa shape index (κ2) is 4.61. The van der Waals surface area contributed by atoms with Crippen LogP contribution in [0.25, 0.3) is 0 Å². The lowest BCUT2D eigenvalue weighted by Crippen LogP contribution is -2.30. The Labute approximate surface area is 110 Å². The molecule has 0 unspecified atom stereocenters. The fourth-order valence-corrected chi connectivity index (χ4v) is 3.19. The monoisotopic (exact) mass is 261 g/mol. The molecule has 4 heteroatoms. The molecule has 0 saturated carbocycles. The third-order valence-electron chi connectivity index (χ3n) is 3.40. The van der Waals surface area contributed by atoms with E-state index in [2.05, 4.69) is 5.32 Å². The van der Waals surface area contributed by atoms with Gasteiger partial charge in [-0.1, -0.05) is 6.07 Å². The van der Waals surface area contributed by atoms with Crippen molar-refractivity contribution in [1.82, 2.24) is 5.32 Å². The number of fused-ring (bicyclic) bond motifs is 1. The van der Waals surface area contributed by atoms with Gasteiger partial charge in [-0.15, -0.1) is 11.3 Å². The zero-order chi connectivity index (χ0) is 12.5. The molecule has 18 heavy (non-hydrogen) atoms. The standard InChI is InChI=1S/C14H15NO2S/c1-9-8-17-11-5-2-4-10(13(9)11)15-14(16)12-6-3-7-18-12/h3,6-8,10H,2,4-5H2,1H3,(H,15,16)/t10-/m0/s1. The van der Waals surface area contributed by atoms with E-state index in [-0.39, 0.29) is 11.9 Å². The molecule has 0 fully saturated rings. The molecule has 0 aromatic carbocycles. The molecule has 0 saturated heterocycles. The molecule has 1 amide bonds. The molecular weight excluding hydrogens is 246 g/mol. The normalized spacial score (nSPS) is 18.4. The van der Waals surface area contributed by atoms with Crippen LogP contribution in [0.4, 0.5) is 0 Å². The van der Waals surface area contributed by atoms with Crippen molar-refractivity contribution in [1.29, 1.82) is 0 Å². The highest BCUT2D eigenvalue weighted by Crippen LogP contribution is 2.33. The number of nitrogens with one attached hydrogen (secondary N) is 1. The SMILES string of the molecule is Cc1coc2c1[C@@H](NC(=O)c1cccs1)CCC2. The maximum Gasteiger partial charge on any atom is 0.261 e. The van der Waals surface area contributed by atoms with Gasteiger partial charge in [0.15, 0.2) is 0 Å². The van der Waals surface area contributed by atoms with Crippen LogP contribution in [-0.4, -0.2) is 5.91 Å². The van der Waals surface area contributed by atoms with E-state index in [0.717, 1.165) is 35.5 Å². The molecule has 0 spiro atoms. The van der Waals surface area contributed by atoms with Gasteiger partial charge in [0.25, 0.3) is 5.91 Å². The molecular formula is C14H15NO2S. The molecule has 3 nitrogen and oxygen atoms in total. The average Bonchev–Trinajstić information content (AvgIpc) is 3.00. The number of carbonyl (C=O) groups is 1. The van der Waals surface area contributed by atoms with Crippen LogP contribution in [0.15, 0.2) is 28.2 Å². The predicted octanol–water partition coefficient (Wildman–Crippen LogP) is 3.46. The van der Waals surface area contributed by atoms with Gasteiger partial charge in [0.05, 0.1) is 17.2 Å². The van der Waals surface area contributed by atoms with Gasteiger partial charge in [-0.05, 0) is 36.8 Å². The van der Waals surface area contributed by atoms with Crippen molar-refractivity contribution >= 4 is 17.2 Å². The Balaban J connectivity index is 1.82. The largest absolute Gasteiger partial charge is 0.469 e. The van der Waals surface area contributed by atoms with E-state index in [1.54, 1.807) is 6.26 Å². The average molecular weight is 261 g/mol. The number of hydrogen-bond acceptors (Lipinski definition) is 3. The van der Waals surface area contributed by atoms with Crippen LogP contribution in [0.1, 0.15) is 45.4 Å². The van der Waals surface area contributed by atoms with E-state index in [1.807, 2.05) is 24.4 Å². The topological polar surface area (TPSA) is 42.2 Å². The predicted molar refractivity (Wildman–Crippen MR) is 70.9 cm³/mol. The van der Waals surface area contributed by atoms with Crippen molar-refractivity contribution in [2.75, 3.05) is 0 Å². The van der Waals surface area contributed by atoms with Crippen LogP contribution < -0.4 is 5.32 Å². The van der Waals surface area contributed by atoms with Crippen LogP contribution >= 0.6 is 11.3 Å². The summed E-state index contributed by atoms with van der Waals surface area (Å²) in [4.78, 5) is 12.9. The smallest absolute Gasteiger partial charge is 0.261 e. The van der Waals surface area contributed by atoms with Crippen molar-refractivity contribution in [2.45, 2.75) is 32.2 Å². The first kappa shape index (κ1) is 11.5. The van der Waals surface area contributed by atoms with Gasteiger partial charge in [0, 0.05) is 12.0 Å². The number of furan rings is 1. The molecule has 0 radical (unpaired) electrons. The van der Waals surface area contributed by atoms with Crippen LogP contribution in [0.2, 0.25) is 0 Å². The summed E-state index contributed by atoms with van der Waals surface area (Å²) in [6, 6.07) is 3.85. The van der Waals surface area contributed by atoms with Gasteiger partial charge in [-0.3, -0.25) is 4.79 Å². The van der Waals surface area contributed by atoms with Crippen molar-refractivity contribution < 1.29 is 9.21 Å². The van der Waals surface area contributed by atoms with Crippen molar-refractivity contribution in [3.05, 3.63) is 45.5 Å². The molecule has 2 aromatic rings. The van der Waals surface area contributed by atoms with Gasteiger partial charge in [-0.25, -0.2) is 0 Å². The number of carbonyl (C=O) groups excluding carboxylic acids is 1. The minimum absolute atomic E-state index is 0.0171. The lowest BCUT2D eigenvalue weighted by Gasteiger charge is -2.23. The quantitative estimate of drug-likeness (QED) is 0.899. The Morgan fingerprint density at radius 2 is 2.44 bits per heavy atom. The number of thiophene rings is 1. The third-order valence-corrected chi connectivity index (χ3v) is 4.27. The molecule has 1 N–H and O–H groups in total. The second-order valence-corrected chi connectivity index (χ2v) is 5.60. The van der Waals surface area contributed by atoms with Crippen LogP contribution in [0.3, 0.4) is 0 Å². The van der Waals surface area contributed by atoms with Crippen LogP contribution in [0.5, 0.6) is 0 Å². The first-order valence-electron chi connectivity index (χ1n) is 6.17. The molecule has 2 aromatic heterocycles. The van der Waals surface area contributed by atoms with E-state index in [0.29, 0.717) is 0 Å². The van der Waals surface area contributed by atoms with E-state index in [4.69, 9.17) is 4.42 Å². The maximum absolute atomic E-state index is 12.1. The summed E-state index contributed by atoms with van der Waals surface area (Å²) in [5, 5.41) is 5.04. The first-order valence-corrected chi connectivity index (χ1v) is 7.05. The van der Waals surface area contributed by atoms with E-state index in [1.165, 1.54) is 16.9 Å². The summed E-state index contributed by atoms with van der Waals surface area (Å²) in [5.41, 5.74) is 2.33. The summed E-state index contributed by atoms with van der Waals surface area (Å²) in [5.74, 6) is 1.05. The van der Waals surface area contributed by atoms with Gasteiger partial charge in [0.1, 0.15) is 5.76 Å². The van der Waals surface area contributed by atoms with Crippen LogP contribution in [-0.2, 0) is 6.42 Å². The molecule has 1 atom stereocenters. The Kier molecular flexibility index (Phi) is 2.96. The first-order chi connectivity index (χ1) is 8.75. The number of hydrogen-bond donors (Lipinski definition) is 1. The summed E-state index contributed by atoms with van der Waals surface area (Å²) >= 11 is 1.47. The lowest BCUT2D eigenvalue weighted by atomic mass is 9.91. The summed E-state index contributed by atoms with van der Waals surface area (Å²) in [6.45, 7) is 2.04. The number of aryl methyl sites for hydroxylation is 2. The second-order valence-electron chi connectivity index (χ2n) is 4.65. The van der Waals surface area contributed by atoms with Crippen molar-refractivity contribution in [3.63, 3.8) is 0 Å². The molecule has 0 bridgehead atoms. The zero-order valence-electron chi connectivity index (χ0n) is 10.2. The van der Waals surface area contributed by atoms with E-state index >= 15 is 0 Å².